The third-order valence-corrected chi connectivity index (χ3v) is 1.10. The van der Waals surface area contributed by atoms with Crippen LogP contribution in [0.1, 0.15) is 13.3 Å². The van der Waals surface area contributed by atoms with Crippen LogP contribution in [0.15, 0.2) is 0 Å². The van der Waals surface area contributed by atoms with Gasteiger partial charge in [-0.25, -0.2) is 0 Å². The van der Waals surface area contributed by atoms with Gasteiger partial charge in [0.15, 0.2) is 0 Å². The first-order valence-electron chi connectivity index (χ1n) is 3.12. The van der Waals surface area contributed by atoms with E-state index in [1.807, 2.05) is 6.92 Å². The number of primary amides is 1. The van der Waals surface area contributed by atoms with E-state index >= 15 is 0 Å². The van der Waals surface area contributed by atoms with Gasteiger partial charge in [0.25, 0.3) is 0 Å². The Morgan fingerprint density at radius 3 is 2.80 bits per heavy atom. The van der Waals surface area contributed by atoms with Crippen LogP contribution in [0.2, 0.25) is 0 Å². The molecule has 4 nitrogen and oxygen atoms in total. The maximum Gasteiger partial charge on any atom is 0.217 e. The van der Waals surface area contributed by atoms with Crippen LogP contribution >= 0.6 is 0 Å². The Balaban J connectivity index is 3.33. The van der Waals surface area contributed by atoms with Gasteiger partial charge < -0.3 is 11.1 Å². The summed E-state index contributed by atoms with van der Waals surface area (Å²) in [6.45, 7) is 2.35. The van der Waals surface area contributed by atoms with Crippen molar-refractivity contribution in [1.29, 1.82) is 0 Å². The molecule has 0 aromatic heterocycles. The average molecular weight is 144 g/mol. The molecule has 0 bridgehead atoms. The largest absolute Gasteiger partial charge is 0.370 e. The van der Waals surface area contributed by atoms with Crippen LogP contribution in [0.4, 0.5) is 0 Å². The summed E-state index contributed by atoms with van der Waals surface area (Å²) in [4.78, 5) is 20.0. The summed E-state index contributed by atoms with van der Waals surface area (Å²) in [5.74, 6) is -0.206. The van der Waals surface area contributed by atoms with Crippen molar-refractivity contribution in [3.05, 3.63) is 0 Å². The van der Waals surface area contributed by atoms with E-state index in [0.717, 1.165) is 0 Å². The maximum absolute atomic E-state index is 10.3. The molecule has 58 valence electrons. The number of nitrogens with two attached hydrogens (primary N) is 1. The molecule has 0 unspecified atom stereocenters. The van der Waals surface area contributed by atoms with Crippen LogP contribution in [0, 0.1) is 5.92 Å². The molecule has 10 heavy (non-hydrogen) atoms. The third-order valence-electron chi connectivity index (χ3n) is 1.10. The lowest BCUT2D eigenvalue weighted by molar-refractivity contribution is -0.119. The monoisotopic (exact) mass is 144 g/mol. The molecule has 0 saturated carbocycles. The fourth-order valence-corrected chi connectivity index (χ4v) is 0.665. The molecule has 0 aromatic carbocycles. The number of hydrogen-bond acceptors (Lipinski definition) is 2. The molecular formula is C6H12N2O2. The molecule has 0 aliphatic carbocycles. The van der Waals surface area contributed by atoms with Crippen LogP contribution in [0.3, 0.4) is 0 Å². The topological polar surface area (TPSA) is 72.2 Å². The molecule has 4 heteroatoms. The fraction of sp³-hybridized carbons (Fsp3) is 0.667. The van der Waals surface area contributed by atoms with Crippen molar-refractivity contribution < 1.29 is 9.59 Å². The van der Waals surface area contributed by atoms with E-state index in [0.29, 0.717) is 19.4 Å². The van der Waals surface area contributed by atoms with E-state index in [9.17, 15) is 9.59 Å². The number of hydrogen-bond donors (Lipinski definition) is 2. The Hall–Kier alpha value is -1.06. The number of rotatable bonds is 5. The van der Waals surface area contributed by atoms with Gasteiger partial charge in [-0.05, 0) is 5.92 Å². The van der Waals surface area contributed by atoms with Crippen molar-refractivity contribution in [3.63, 3.8) is 0 Å². The summed E-state index contributed by atoms with van der Waals surface area (Å²) in [7, 11) is 0. The molecule has 0 aromatic rings. The van der Waals surface area contributed by atoms with E-state index in [4.69, 9.17) is 5.73 Å². The minimum Gasteiger partial charge on any atom is -0.370 e. The molecule has 0 spiro atoms. The average Bonchev–Trinajstić information content (AvgIpc) is 1.82. The Morgan fingerprint density at radius 2 is 2.40 bits per heavy atom. The Labute approximate surface area is 59.8 Å². The van der Waals surface area contributed by atoms with Crippen molar-refractivity contribution >= 4 is 12.3 Å². The minimum atomic E-state index is -0.333. The number of amides is 2. The molecule has 3 N–H and O–H groups in total. The summed E-state index contributed by atoms with van der Waals surface area (Å²) in [6.07, 6.45) is 0.929. The zero-order valence-electron chi connectivity index (χ0n) is 5.96. The van der Waals surface area contributed by atoms with Crippen LogP contribution < -0.4 is 11.1 Å². The fourth-order valence-electron chi connectivity index (χ4n) is 0.665. The smallest absolute Gasteiger partial charge is 0.217 e. The molecule has 0 radical (unpaired) electrons. The van der Waals surface area contributed by atoms with Gasteiger partial charge in [-0.15, -0.1) is 0 Å². The van der Waals surface area contributed by atoms with E-state index in [-0.39, 0.29) is 11.8 Å². The van der Waals surface area contributed by atoms with Crippen LogP contribution in [-0.4, -0.2) is 18.9 Å². The highest BCUT2D eigenvalue weighted by Crippen LogP contribution is 1.96. The minimum absolute atomic E-state index is 0.127. The highest BCUT2D eigenvalue weighted by Gasteiger charge is 2.03. The number of carbonyl (C=O) groups is 2. The van der Waals surface area contributed by atoms with E-state index in [2.05, 4.69) is 5.32 Å². The molecule has 2 amide bonds. The van der Waals surface area contributed by atoms with Crippen molar-refractivity contribution in [2.45, 2.75) is 13.3 Å². The lowest BCUT2D eigenvalue weighted by Crippen LogP contribution is -2.24. The van der Waals surface area contributed by atoms with Crippen molar-refractivity contribution in [2.24, 2.45) is 11.7 Å². The highest BCUT2D eigenvalue weighted by molar-refractivity contribution is 5.73. The van der Waals surface area contributed by atoms with Crippen molar-refractivity contribution in [1.82, 2.24) is 5.32 Å². The van der Waals surface area contributed by atoms with E-state index in [1.165, 1.54) is 0 Å². The first kappa shape index (κ1) is 8.94. The second kappa shape index (κ2) is 4.78. The molecule has 0 fully saturated rings. The lowest BCUT2D eigenvalue weighted by Gasteiger charge is -2.05. The highest BCUT2D eigenvalue weighted by atomic mass is 16.1. The number of carbonyl (C=O) groups excluding carboxylic acids is 2. The predicted octanol–water partition coefficient (Wildman–Crippen LogP) is -0.756. The van der Waals surface area contributed by atoms with Gasteiger partial charge in [-0.2, -0.15) is 0 Å². The molecule has 0 rings (SSSR count). The quantitative estimate of drug-likeness (QED) is 0.498. The van der Waals surface area contributed by atoms with Gasteiger partial charge in [0, 0.05) is 13.0 Å². The van der Waals surface area contributed by atoms with Crippen LogP contribution in [-0.2, 0) is 9.59 Å². The van der Waals surface area contributed by atoms with Gasteiger partial charge in [-0.3, -0.25) is 9.59 Å². The second-order valence-electron chi connectivity index (χ2n) is 2.30. The van der Waals surface area contributed by atoms with Crippen molar-refractivity contribution in [2.75, 3.05) is 6.54 Å². The van der Waals surface area contributed by atoms with Crippen LogP contribution in [0.25, 0.3) is 0 Å². The first-order chi connectivity index (χ1) is 4.66. The maximum atomic E-state index is 10.3. The predicted molar refractivity (Wildman–Crippen MR) is 37.0 cm³/mol. The molecule has 1 atom stereocenters. The standard InChI is InChI=1S/C6H12N2O2/c1-5(2-6(7)10)3-8-4-9/h4-5H,2-3H2,1H3,(H2,7,10)(H,8,9)/t5-/m0/s1. The summed E-state index contributed by atoms with van der Waals surface area (Å²) in [6, 6.07) is 0. The lowest BCUT2D eigenvalue weighted by atomic mass is 10.1. The molecule has 0 heterocycles. The zero-order valence-corrected chi connectivity index (χ0v) is 5.96. The Bertz CT molecular complexity index is 125. The molecule has 0 saturated heterocycles. The summed E-state index contributed by atoms with van der Waals surface area (Å²) >= 11 is 0. The summed E-state index contributed by atoms with van der Waals surface area (Å²) in [5, 5.41) is 2.47. The summed E-state index contributed by atoms with van der Waals surface area (Å²) < 4.78 is 0. The zero-order chi connectivity index (χ0) is 7.98. The van der Waals surface area contributed by atoms with E-state index in [1.54, 1.807) is 0 Å². The van der Waals surface area contributed by atoms with Gasteiger partial charge in [0.1, 0.15) is 0 Å². The SMILES string of the molecule is C[C@H](CNC=O)CC(N)=O. The summed E-state index contributed by atoms with van der Waals surface area (Å²) in [5.41, 5.74) is 4.91. The third kappa shape index (κ3) is 5.08. The van der Waals surface area contributed by atoms with Crippen LogP contribution in [0.5, 0.6) is 0 Å². The Morgan fingerprint density at radius 1 is 1.80 bits per heavy atom. The number of nitrogens with one attached hydrogen (secondary N) is 1. The van der Waals surface area contributed by atoms with Gasteiger partial charge in [-0.1, -0.05) is 6.92 Å². The first-order valence-corrected chi connectivity index (χ1v) is 3.12. The van der Waals surface area contributed by atoms with Gasteiger partial charge in [0.05, 0.1) is 0 Å². The van der Waals surface area contributed by atoms with Gasteiger partial charge >= 0.3 is 0 Å². The molecule has 0 aliphatic rings. The van der Waals surface area contributed by atoms with Crippen molar-refractivity contribution in [3.8, 4) is 0 Å². The normalized spacial score (nSPS) is 12.1. The van der Waals surface area contributed by atoms with E-state index < -0.39 is 0 Å². The second-order valence-corrected chi connectivity index (χ2v) is 2.30. The van der Waals surface area contributed by atoms with Gasteiger partial charge in [0.2, 0.25) is 12.3 Å². The molecular weight excluding hydrogens is 132 g/mol. The Kier molecular flexibility index (Phi) is 4.28. The molecule has 0 aliphatic heterocycles.